The van der Waals surface area contributed by atoms with E-state index in [0.717, 1.165) is 32.1 Å². The Kier molecular flexibility index (Phi) is 7.73. The van der Waals surface area contributed by atoms with E-state index in [1.807, 2.05) is 0 Å². The lowest BCUT2D eigenvalue weighted by atomic mass is 10.2. The van der Waals surface area contributed by atoms with Crippen molar-refractivity contribution in [2.75, 3.05) is 26.7 Å². The molecule has 0 bridgehead atoms. The van der Waals surface area contributed by atoms with Crippen molar-refractivity contribution in [3.63, 3.8) is 0 Å². The van der Waals surface area contributed by atoms with E-state index < -0.39 is 0 Å². The fraction of sp³-hybridized carbons (Fsp3) is 0.562. The zero-order valence-corrected chi connectivity index (χ0v) is 13.2. The highest BCUT2D eigenvalue weighted by Crippen LogP contribution is 2.06. The topological polar surface area (TPSA) is 39.7 Å². The Balaban J connectivity index is 2.48. The van der Waals surface area contributed by atoms with Crippen LogP contribution in [0.25, 0.3) is 0 Å². The van der Waals surface area contributed by atoms with Crippen LogP contribution in [0.5, 0.6) is 0 Å². The zero-order valence-electron chi connectivity index (χ0n) is 13.2. The number of aliphatic imine (C=N–C) groups is 1. The van der Waals surface area contributed by atoms with Crippen molar-refractivity contribution in [1.82, 2.24) is 15.5 Å². The summed E-state index contributed by atoms with van der Waals surface area (Å²) in [6, 6.07) is 10.9. The van der Waals surface area contributed by atoms with Crippen LogP contribution in [0.3, 0.4) is 0 Å². The SMILES string of the molecule is CCNC(=NCC(C)N(C)Cc1ccccc1)NCC. The molecule has 2 N–H and O–H groups in total. The van der Waals surface area contributed by atoms with E-state index in [9.17, 15) is 0 Å². The van der Waals surface area contributed by atoms with Crippen molar-refractivity contribution in [3.8, 4) is 0 Å². The minimum absolute atomic E-state index is 0.405. The molecule has 4 nitrogen and oxygen atoms in total. The van der Waals surface area contributed by atoms with Crippen molar-refractivity contribution >= 4 is 5.96 Å². The van der Waals surface area contributed by atoms with Crippen molar-refractivity contribution in [2.45, 2.75) is 33.4 Å². The summed E-state index contributed by atoms with van der Waals surface area (Å²) in [5, 5.41) is 6.50. The molecule has 4 heteroatoms. The molecule has 0 aromatic heterocycles. The third kappa shape index (κ3) is 6.06. The Morgan fingerprint density at radius 3 is 2.30 bits per heavy atom. The molecular formula is C16H28N4. The van der Waals surface area contributed by atoms with Gasteiger partial charge in [-0.3, -0.25) is 9.89 Å². The standard InChI is InChI=1S/C16H28N4/c1-5-17-16(18-6-2)19-12-14(3)20(4)13-15-10-8-7-9-11-15/h7-11,14H,5-6,12-13H2,1-4H3,(H2,17,18,19). The van der Waals surface area contributed by atoms with Crippen molar-refractivity contribution in [1.29, 1.82) is 0 Å². The van der Waals surface area contributed by atoms with Gasteiger partial charge in [0.05, 0.1) is 6.54 Å². The van der Waals surface area contributed by atoms with Crippen LogP contribution in [0, 0.1) is 0 Å². The molecule has 1 rings (SSSR count). The molecule has 0 amide bonds. The van der Waals surface area contributed by atoms with Gasteiger partial charge in [0.15, 0.2) is 5.96 Å². The summed E-state index contributed by atoms with van der Waals surface area (Å²) in [6.07, 6.45) is 0. The summed E-state index contributed by atoms with van der Waals surface area (Å²) in [5.74, 6) is 0.898. The fourth-order valence-electron chi connectivity index (χ4n) is 1.90. The smallest absolute Gasteiger partial charge is 0.191 e. The van der Waals surface area contributed by atoms with Gasteiger partial charge in [-0.15, -0.1) is 0 Å². The van der Waals surface area contributed by atoms with Crippen molar-refractivity contribution in [2.24, 2.45) is 4.99 Å². The van der Waals surface area contributed by atoms with Gasteiger partial charge in [-0.1, -0.05) is 30.3 Å². The molecule has 0 saturated carbocycles. The predicted octanol–water partition coefficient (Wildman–Crippen LogP) is 2.08. The molecule has 112 valence electrons. The Morgan fingerprint density at radius 2 is 1.75 bits per heavy atom. The first-order valence-electron chi connectivity index (χ1n) is 7.43. The van der Waals surface area contributed by atoms with Crippen LogP contribution in [0.15, 0.2) is 35.3 Å². The third-order valence-corrected chi connectivity index (χ3v) is 3.23. The largest absolute Gasteiger partial charge is 0.357 e. The summed E-state index contributed by atoms with van der Waals surface area (Å²) in [4.78, 5) is 6.95. The second-order valence-corrected chi connectivity index (χ2v) is 5.00. The van der Waals surface area contributed by atoms with Crippen LogP contribution in [0.2, 0.25) is 0 Å². The molecule has 0 spiro atoms. The second kappa shape index (κ2) is 9.37. The summed E-state index contributed by atoms with van der Waals surface area (Å²) >= 11 is 0. The fourth-order valence-corrected chi connectivity index (χ4v) is 1.90. The van der Waals surface area contributed by atoms with Gasteiger partial charge >= 0.3 is 0 Å². The second-order valence-electron chi connectivity index (χ2n) is 5.00. The van der Waals surface area contributed by atoms with Gasteiger partial charge in [0.2, 0.25) is 0 Å². The van der Waals surface area contributed by atoms with Crippen LogP contribution >= 0.6 is 0 Å². The average molecular weight is 276 g/mol. The molecule has 0 heterocycles. The van der Waals surface area contributed by atoms with Crippen LogP contribution in [0.4, 0.5) is 0 Å². The van der Waals surface area contributed by atoms with Gasteiger partial charge in [-0.2, -0.15) is 0 Å². The maximum atomic E-state index is 4.62. The molecule has 0 saturated heterocycles. The van der Waals surface area contributed by atoms with Crippen molar-refractivity contribution in [3.05, 3.63) is 35.9 Å². The molecule has 0 aliphatic heterocycles. The highest BCUT2D eigenvalue weighted by atomic mass is 15.2. The lowest BCUT2D eigenvalue weighted by molar-refractivity contribution is 0.255. The molecule has 1 aromatic rings. The first kappa shape index (κ1) is 16.5. The number of nitrogens with one attached hydrogen (secondary N) is 2. The molecule has 1 aromatic carbocycles. The monoisotopic (exact) mass is 276 g/mol. The van der Waals surface area contributed by atoms with Gasteiger partial charge < -0.3 is 10.6 Å². The molecule has 1 unspecified atom stereocenters. The highest BCUT2D eigenvalue weighted by molar-refractivity contribution is 5.79. The van der Waals surface area contributed by atoms with Crippen molar-refractivity contribution < 1.29 is 0 Å². The van der Waals surface area contributed by atoms with Crippen LogP contribution in [-0.2, 0) is 6.54 Å². The summed E-state index contributed by atoms with van der Waals surface area (Å²) in [7, 11) is 2.15. The molecule has 1 atom stereocenters. The minimum atomic E-state index is 0.405. The van der Waals surface area contributed by atoms with Crippen LogP contribution in [0.1, 0.15) is 26.3 Å². The van der Waals surface area contributed by atoms with Gasteiger partial charge in [0.25, 0.3) is 0 Å². The van der Waals surface area contributed by atoms with E-state index in [2.05, 4.69) is 78.7 Å². The number of guanidine groups is 1. The van der Waals surface area contributed by atoms with Gasteiger partial charge in [-0.25, -0.2) is 0 Å². The number of hydrogen-bond acceptors (Lipinski definition) is 2. The molecule has 0 aliphatic carbocycles. The predicted molar refractivity (Wildman–Crippen MR) is 87.0 cm³/mol. The normalized spacial score (nSPS) is 12.1. The lowest BCUT2D eigenvalue weighted by Gasteiger charge is -2.23. The van der Waals surface area contributed by atoms with Gasteiger partial charge in [-0.05, 0) is 33.4 Å². The Bertz CT molecular complexity index is 381. The number of likely N-dealkylation sites (N-methyl/N-ethyl adjacent to an activating group) is 1. The van der Waals surface area contributed by atoms with E-state index in [0.29, 0.717) is 6.04 Å². The quantitative estimate of drug-likeness (QED) is 0.592. The average Bonchev–Trinajstić information content (AvgIpc) is 2.46. The zero-order chi connectivity index (χ0) is 14.8. The van der Waals surface area contributed by atoms with E-state index in [-0.39, 0.29) is 0 Å². The summed E-state index contributed by atoms with van der Waals surface area (Å²) in [5.41, 5.74) is 1.34. The van der Waals surface area contributed by atoms with E-state index >= 15 is 0 Å². The Hall–Kier alpha value is -1.55. The molecule has 20 heavy (non-hydrogen) atoms. The Morgan fingerprint density at radius 1 is 1.15 bits per heavy atom. The van der Waals surface area contributed by atoms with E-state index in [4.69, 9.17) is 0 Å². The van der Waals surface area contributed by atoms with Gasteiger partial charge in [0.1, 0.15) is 0 Å². The molecule has 0 aliphatic rings. The first-order chi connectivity index (χ1) is 9.67. The minimum Gasteiger partial charge on any atom is -0.357 e. The van der Waals surface area contributed by atoms with Gasteiger partial charge in [0, 0.05) is 25.7 Å². The first-order valence-corrected chi connectivity index (χ1v) is 7.43. The summed E-state index contributed by atoms with van der Waals surface area (Å²) in [6.45, 7) is 9.89. The lowest BCUT2D eigenvalue weighted by Crippen LogP contribution is -2.39. The van der Waals surface area contributed by atoms with Crippen LogP contribution in [-0.4, -0.2) is 43.6 Å². The maximum absolute atomic E-state index is 4.62. The number of rotatable bonds is 7. The van der Waals surface area contributed by atoms with E-state index in [1.54, 1.807) is 0 Å². The molecule has 0 fully saturated rings. The third-order valence-electron chi connectivity index (χ3n) is 3.23. The number of hydrogen-bond donors (Lipinski definition) is 2. The number of benzene rings is 1. The highest BCUT2D eigenvalue weighted by Gasteiger charge is 2.09. The molecule has 0 radical (unpaired) electrons. The Labute approximate surface area is 123 Å². The van der Waals surface area contributed by atoms with Crippen LogP contribution < -0.4 is 10.6 Å². The molecular weight excluding hydrogens is 248 g/mol. The van der Waals surface area contributed by atoms with E-state index in [1.165, 1.54) is 5.56 Å². The maximum Gasteiger partial charge on any atom is 0.191 e. The number of nitrogens with zero attached hydrogens (tertiary/aromatic N) is 2. The summed E-state index contributed by atoms with van der Waals surface area (Å²) < 4.78 is 0.